The van der Waals surface area contributed by atoms with Gasteiger partial charge in [-0.05, 0) is 55.0 Å². The number of likely N-dealkylation sites (tertiary alicyclic amines) is 1. The Morgan fingerprint density at radius 2 is 1.49 bits per heavy atom. The molecule has 1 atom stereocenters. The molecule has 0 aliphatic carbocycles. The molecule has 43 heavy (non-hydrogen) atoms. The maximum Gasteiger partial charge on any atom is 0.410 e. The molecule has 1 aliphatic heterocycles. The van der Waals surface area contributed by atoms with Gasteiger partial charge in [-0.25, -0.2) is 17.5 Å². The predicted octanol–water partition coefficient (Wildman–Crippen LogP) is 4.49. The van der Waals surface area contributed by atoms with Gasteiger partial charge in [-0.3, -0.25) is 9.69 Å². The summed E-state index contributed by atoms with van der Waals surface area (Å²) in [5, 5.41) is 0. The highest BCUT2D eigenvalue weighted by molar-refractivity contribution is 7.89. The van der Waals surface area contributed by atoms with Gasteiger partial charge in [0.1, 0.15) is 13.2 Å². The molecule has 0 spiro atoms. The van der Waals surface area contributed by atoms with Crippen molar-refractivity contribution in [2.75, 3.05) is 39.8 Å². The van der Waals surface area contributed by atoms with Crippen LogP contribution in [0.2, 0.25) is 0 Å². The second kappa shape index (κ2) is 16.4. The van der Waals surface area contributed by atoms with Gasteiger partial charge in [0, 0.05) is 32.7 Å². The summed E-state index contributed by atoms with van der Waals surface area (Å²) >= 11 is 0. The third-order valence-corrected chi connectivity index (χ3v) is 9.59. The van der Waals surface area contributed by atoms with Gasteiger partial charge >= 0.3 is 6.09 Å². The molecule has 0 radical (unpaired) electrons. The highest BCUT2D eigenvalue weighted by Gasteiger charge is 2.31. The number of carbonyl (C=O) groups excluding carboxylic acids is 2. The average Bonchev–Trinajstić information content (AvgIpc) is 3.02. The molecule has 1 aliphatic rings. The van der Waals surface area contributed by atoms with Gasteiger partial charge in [0.15, 0.2) is 0 Å². The molecular weight excluding hydrogens is 588 g/mol. The number of primary amides is 1. The minimum absolute atomic E-state index is 0. The van der Waals surface area contributed by atoms with Crippen molar-refractivity contribution in [3.63, 3.8) is 0 Å². The number of ether oxygens (including phenoxy) is 1. The summed E-state index contributed by atoms with van der Waals surface area (Å²) in [5.41, 5.74) is 7.43. The van der Waals surface area contributed by atoms with Crippen molar-refractivity contribution >= 4 is 34.4 Å². The van der Waals surface area contributed by atoms with E-state index in [1.807, 2.05) is 60.7 Å². The zero-order chi connectivity index (χ0) is 30.0. The number of sulfonamides is 1. The molecule has 232 valence electrons. The van der Waals surface area contributed by atoms with E-state index in [0.717, 1.165) is 37.2 Å². The Morgan fingerprint density at radius 3 is 2.07 bits per heavy atom. The predicted molar refractivity (Wildman–Crippen MR) is 169 cm³/mol. The second-order valence-corrected chi connectivity index (χ2v) is 12.7. The van der Waals surface area contributed by atoms with Gasteiger partial charge in [-0.2, -0.15) is 0 Å². The number of nitrogens with zero attached hydrogens (tertiary/aromatic N) is 3. The lowest BCUT2D eigenvalue weighted by Crippen LogP contribution is -2.50. The minimum atomic E-state index is -3.61. The maximum absolute atomic E-state index is 13.2. The van der Waals surface area contributed by atoms with Crippen LogP contribution in [0.3, 0.4) is 0 Å². The summed E-state index contributed by atoms with van der Waals surface area (Å²) in [6.07, 6.45) is 1.61. The Morgan fingerprint density at radius 1 is 0.930 bits per heavy atom. The fraction of sp³-hybridized carbons (Fsp3) is 0.375. The van der Waals surface area contributed by atoms with Crippen molar-refractivity contribution in [2.24, 2.45) is 5.73 Å². The Bertz CT molecular complexity index is 1390. The zero-order valence-electron chi connectivity index (χ0n) is 24.5. The van der Waals surface area contributed by atoms with E-state index >= 15 is 0 Å². The van der Waals surface area contributed by atoms with Crippen LogP contribution in [0.15, 0.2) is 95.9 Å². The molecular formula is C32H41ClN4O5S. The van der Waals surface area contributed by atoms with E-state index < -0.39 is 22.0 Å². The average molecular weight is 629 g/mol. The van der Waals surface area contributed by atoms with Crippen LogP contribution in [0.25, 0.3) is 0 Å². The molecule has 1 heterocycles. The Kier molecular flexibility index (Phi) is 13.0. The monoisotopic (exact) mass is 628 g/mol. The van der Waals surface area contributed by atoms with Gasteiger partial charge < -0.3 is 15.4 Å². The quantitative estimate of drug-likeness (QED) is 0.298. The van der Waals surface area contributed by atoms with E-state index in [0.29, 0.717) is 19.4 Å². The first kappa shape index (κ1) is 34.1. The number of carbonyl (C=O) groups is 2. The molecule has 3 aromatic rings. The fourth-order valence-electron chi connectivity index (χ4n) is 5.38. The summed E-state index contributed by atoms with van der Waals surface area (Å²) in [7, 11) is -1.98. The SMILES string of the molecule is CN(C[C@H](CCN1CCC(N(CC(N)=O)C(=O)OCc2ccccc2)CC1)c1ccccc1)S(=O)(=O)c1ccccc1.Cl. The van der Waals surface area contributed by atoms with Crippen LogP contribution in [0.5, 0.6) is 0 Å². The van der Waals surface area contributed by atoms with Crippen molar-refractivity contribution in [3.8, 4) is 0 Å². The molecule has 0 aromatic heterocycles. The molecule has 0 unspecified atom stereocenters. The number of benzene rings is 3. The van der Waals surface area contributed by atoms with Crippen LogP contribution in [0.4, 0.5) is 4.79 Å². The molecule has 4 rings (SSSR count). The van der Waals surface area contributed by atoms with Gasteiger partial charge in [-0.15, -0.1) is 12.4 Å². The standard InChI is InChI=1S/C32H40N4O5S.ClH/c1-34(42(39,40)30-15-9-4-10-16-30)23-28(27-13-7-3-8-14-27)17-20-35-21-18-29(19-22-35)36(24-31(33)37)32(38)41-25-26-11-5-2-6-12-26;/h2-16,28-29H,17-25H2,1H3,(H2,33,37);1H/t28-;/m0./s1. The molecule has 0 bridgehead atoms. The third-order valence-electron chi connectivity index (χ3n) is 7.76. The summed E-state index contributed by atoms with van der Waals surface area (Å²) in [6, 6.07) is 27.7. The number of rotatable bonds is 13. The Balaban J connectivity index is 0.00000506. The summed E-state index contributed by atoms with van der Waals surface area (Å²) in [4.78, 5) is 28.8. The van der Waals surface area contributed by atoms with Crippen LogP contribution >= 0.6 is 12.4 Å². The van der Waals surface area contributed by atoms with E-state index in [9.17, 15) is 18.0 Å². The molecule has 9 nitrogen and oxygen atoms in total. The number of hydrogen-bond donors (Lipinski definition) is 1. The molecule has 1 fully saturated rings. The summed E-state index contributed by atoms with van der Waals surface area (Å²) < 4.78 is 33.4. The number of piperidine rings is 1. The molecule has 0 saturated carbocycles. The van der Waals surface area contributed by atoms with Crippen molar-refractivity contribution < 1.29 is 22.7 Å². The summed E-state index contributed by atoms with van der Waals surface area (Å²) in [5.74, 6) is -0.568. The van der Waals surface area contributed by atoms with Crippen molar-refractivity contribution in [3.05, 3.63) is 102 Å². The van der Waals surface area contributed by atoms with Gasteiger partial charge in [0.25, 0.3) is 0 Å². The van der Waals surface area contributed by atoms with Crippen LogP contribution in [-0.2, 0) is 26.2 Å². The first-order chi connectivity index (χ1) is 20.2. The third kappa shape index (κ3) is 9.79. The summed E-state index contributed by atoms with van der Waals surface area (Å²) in [6.45, 7) is 2.56. The minimum Gasteiger partial charge on any atom is -0.445 e. The van der Waals surface area contributed by atoms with E-state index in [1.165, 1.54) is 9.21 Å². The number of likely N-dealkylation sites (N-methyl/N-ethyl adjacent to an activating group) is 1. The number of nitrogens with two attached hydrogens (primary N) is 1. The van der Waals surface area contributed by atoms with E-state index in [1.54, 1.807) is 37.4 Å². The van der Waals surface area contributed by atoms with Crippen molar-refractivity contribution in [2.45, 2.75) is 42.7 Å². The largest absolute Gasteiger partial charge is 0.445 e. The number of halogens is 1. The first-order valence-electron chi connectivity index (χ1n) is 14.3. The van der Waals surface area contributed by atoms with E-state index in [2.05, 4.69) is 4.90 Å². The lowest BCUT2D eigenvalue weighted by Gasteiger charge is -2.38. The molecule has 2 amide bonds. The van der Waals surface area contributed by atoms with Crippen LogP contribution < -0.4 is 5.73 Å². The van der Waals surface area contributed by atoms with Crippen LogP contribution in [0.1, 0.15) is 36.3 Å². The maximum atomic E-state index is 13.2. The number of amides is 2. The molecule has 1 saturated heterocycles. The lowest BCUT2D eigenvalue weighted by molar-refractivity contribution is -0.119. The van der Waals surface area contributed by atoms with E-state index in [-0.39, 0.29) is 42.4 Å². The zero-order valence-corrected chi connectivity index (χ0v) is 26.1. The fourth-order valence-corrected chi connectivity index (χ4v) is 6.61. The lowest BCUT2D eigenvalue weighted by atomic mass is 9.94. The van der Waals surface area contributed by atoms with E-state index in [4.69, 9.17) is 10.5 Å². The van der Waals surface area contributed by atoms with Crippen molar-refractivity contribution in [1.82, 2.24) is 14.1 Å². The first-order valence-corrected chi connectivity index (χ1v) is 15.7. The highest BCUT2D eigenvalue weighted by Crippen LogP contribution is 2.26. The highest BCUT2D eigenvalue weighted by atomic mass is 35.5. The van der Waals surface area contributed by atoms with Crippen LogP contribution in [0, 0.1) is 0 Å². The molecule has 3 aromatic carbocycles. The Hall–Kier alpha value is -3.44. The number of hydrogen-bond acceptors (Lipinski definition) is 6. The van der Waals surface area contributed by atoms with Gasteiger partial charge in [0.2, 0.25) is 15.9 Å². The Labute approximate surface area is 261 Å². The van der Waals surface area contributed by atoms with Gasteiger partial charge in [0.05, 0.1) is 4.90 Å². The second-order valence-electron chi connectivity index (χ2n) is 10.7. The molecule has 2 N–H and O–H groups in total. The van der Waals surface area contributed by atoms with Crippen LogP contribution in [-0.4, -0.2) is 80.3 Å². The normalized spacial score (nSPS) is 14.9. The topological polar surface area (TPSA) is 113 Å². The van der Waals surface area contributed by atoms with Gasteiger partial charge in [-0.1, -0.05) is 78.9 Å². The van der Waals surface area contributed by atoms with Crippen molar-refractivity contribution in [1.29, 1.82) is 0 Å². The molecule has 11 heteroatoms. The smallest absolute Gasteiger partial charge is 0.410 e.